The highest BCUT2D eigenvalue weighted by Gasteiger charge is 2.00. The summed E-state index contributed by atoms with van der Waals surface area (Å²) in [7, 11) is 1.33. The van der Waals surface area contributed by atoms with Crippen molar-refractivity contribution >= 4 is 17.8 Å². The van der Waals surface area contributed by atoms with Gasteiger partial charge in [-0.1, -0.05) is 19.7 Å². The third-order valence-corrected chi connectivity index (χ3v) is 1.84. The molecule has 0 rings (SSSR count). The Labute approximate surface area is 137 Å². The smallest absolute Gasteiger partial charge is 0.333 e. The van der Waals surface area contributed by atoms with Crippen molar-refractivity contribution in [1.82, 2.24) is 0 Å². The molecule has 0 aromatic rings. The zero-order chi connectivity index (χ0) is 19.0. The van der Waals surface area contributed by atoms with Gasteiger partial charge in [-0.15, -0.1) is 0 Å². The summed E-state index contributed by atoms with van der Waals surface area (Å²) < 4.78 is 8.92. The predicted molar refractivity (Wildman–Crippen MR) is 88.3 cm³/mol. The van der Waals surface area contributed by atoms with Gasteiger partial charge in [0.2, 0.25) is 5.91 Å². The summed E-state index contributed by atoms with van der Waals surface area (Å²) in [6, 6.07) is 0. The number of hydrogen-bond acceptors (Lipinski definition) is 6. The summed E-state index contributed by atoms with van der Waals surface area (Å²) in [5, 5.41) is 8.30. The van der Waals surface area contributed by atoms with E-state index in [0.717, 1.165) is 0 Å². The number of amides is 1. The fourth-order valence-corrected chi connectivity index (χ4v) is 0.527. The van der Waals surface area contributed by atoms with Gasteiger partial charge >= 0.3 is 11.9 Å². The Morgan fingerprint density at radius 2 is 1.35 bits per heavy atom. The Morgan fingerprint density at radius 1 is 0.957 bits per heavy atom. The van der Waals surface area contributed by atoms with Crippen LogP contribution in [0.15, 0.2) is 36.5 Å². The van der Waals surface area contributed by atoms with E-state index in [-0.39, 0.29) is 19.2 Å². The minimum atomic E-state index is -0.435. The van der Waals surface area contributed by atoms with E-state index in [9.17, 15) is 14.4 Å². The van der Waals surface area contributed by atoms with Crippen LogP contribution in [0.1, 0.15) is 27.2 Å². The molecule has 7 heteroatoms. The fraction of sp³-hybridized carbons (Fsp3) is 0.438. The van der Waals surface area contributed by atoms with Crippen LogP contribution in [-0.2, 0) is 23.9 Å². The summed E-state index contributed by atoms with van der Waals surface area (Å²) in [6.07, 6.45) is 0.485. The molecule has 0 saturated heterocycles. The van der Waals surface area contributed by atoms with Gasteiger partial charge in [0.1, 0.15) is 0 Å². The van der Waals surface area contributed by atoms with Crippen LogP contribution in [0, 0.1) is 0 Å². The number of nitrogens with two attached hydrogens (primary N) is 1. The Morgan fingerprint density at radius 3 is 1.52 bits per heavy atom. The topological polar surface area (TPSA) is 116 Å². The Bertz CT molecular complexity index is 428. The number of carbonyl (C=O) groups is 3. The van der Waals surface area contributed by atoms with Crippen molar-refractivity contribution in [2.75, 3.05) is 20.3 Å². The lowest BCUT2D eigenvalue weighted by Gasteiger charge is -2.00. The predicted octanol–water partition coefficient (Wildman–Crippen LogP) is 1.27. The maximum Gasteiger partial charge on any atom is 0.333 e. The lowest BCUT2D eigenvalue weighted by molar-refractivity contribution is -0.139. The normalized spacial score (nSPS) is 8.22. The van der Waals surface area contributed by atoms with Gasteiger partial charge in [-0.25, -0.2) is 9.59 Å². The molecule has 0 fully saturated rings. The second-order valence-electron chi connectivity index (χ2n) is 4.41. The zero-order valence-electron chi connectivity index (χ0n) is 14.3. The standard InChI is InChI=1S/C7H12O3.C5H8O2.C4H7NO/c1-6(2)7(9)10-5-3-4-8;1-4(2)5(6)7-3;1-3(2)4(5)6/h8H,1,3-5H2,2H3;1H2,2-3H3;1H2,2H3,(H2,5,6). The van der Waals surface area contributed by atoms with E-state index in [1.807, 2.05) is 0 Å². The number of aliphatic hydroxyl groups excluding tert-OH is 1. The fourth-order valence-electron chi connectivity index (χ4n) is 0.527. The van der Waals surface area contributed by atoms with Crippen molar-refractivity contribution in [3.8, 4) is 0 Å². The van der Waals surface area contributed by atoms with Crippen LogP contribution in [0.5, 0.6) is 0 Å². The molecule has 0 aromatic heterocycles. The van der Waals surface area contributed by atoms with Crippen molar-refractivity contribution < 1.29 is 29.0 Å². The number of esters is 2. The van der Waals surface area contributed by atoms with E-state index >= 15 is 0 Å². The molecule has 0 heterocycles. The van der Waals surface area contributed by atoms with Crippen LogP contribution < -0.4 is 5.73 Å². The average Bonchev–Trinajstić information content (AvgIpc) is 2.47. The molecule has 0 spiro atoms. The van der Waals surface area contributed by atoms with E-state index in [1.165, 1.54) is 7.11 Å². The molecule has 0 saturated carbocycles. The summed E-state index contributed by atoms with van der Waals surface area (Å²) in [5.74, 6) is -1.18. The van der Waals surface area contributed by atoms with Crippen molar-refractivity contribution in [2.24, 2.45) is 5.73 Å². The van der Waals surface area contributed by atoms with E-state index in [2.05, 4.69) is 29.2 Å². The lowest BCUT2D eigenvalue weighted by Crippen LogP contribution is -2.10. The number of methoxy groups -OCH3 is 1. The van der Waals surface area contributed by atoms with E-state index in [0.29, 0.717) is 23.1 Å². The first-order chi connectivity index (χ1) is 10.5. The third kappa shape index (κ3) is 22.0. The van der Waals surface area contributed by atoms with Crippen molar-refractivity contribution in [3.05, 3.63) is 36.5 Å². The molecule has 0 atom stereocenters. The average molecular weight is 329 g/mol. The molecule has 3 N–H and O–H groups in total. The SMILES string of the molecule is C=C(C)C(=O)OC.C=C(C)C(=O)OCCCO.C=C(C)C(N)=O. The highest BCUT2D eigenvalue weighted by atomic mass is 16.5. The van der Waals surface area contributed by atoms with Crippen LogP contribution in [-0.4, -0.2) is 43.3 Å². The monoisotopic (exact) mass is 329 g/mol. The molecule has 0 aliphatic heterocycles. The van der Waals surface area contributed by atoms with Crippen LogP contribution in [0.4, 0.5) is 0 Å². The second kappa shape index (κ2) is 16.0. The van der Waals surface area contributed by atoms with Crippen molar-refractivity contribution in [2.45, 2.75) is 27.2 Å². The number of primary amides is 1. The van der Waals surface area contributed by atoms with E-state index in [4.69, 9.17) is 10.8 Å². The molecule has 0 unspecified atom stereocenters. The van der Waals surface area contributed by atoms with E-state index < -0.39 is 11.9 Å². The maximum absolute atomic E-state index is 10.6. The molecule has 23 heavy (non-hydrogen) atoms. The van der Waals surface area contributed by atoms with Gasteiger partial charge in [0.25, 0.3) is 0 Å². The number of carbonyl (C=O) groups excluding carboxylic acids is 3. The van der Waals surface area contributed by atoms with Gasteiger partial charge in [0.05, 0.1) is 13.7 Å². The summed E-state index contributed by atoms with van der Waals surface area (Å²) in [5.41, 5.74) is 5.91. The van der Waals surface area contributed by atoms with Gasteiger partial charge in [0, 0.05) is 29.7 Å². The van der Waals surface area contributed by atoms with Gasteiger partial charge in [-0.2, -0.15) is 0 Å². The largest absolute Gasteiger partial charge is 0.466 e. The molecule has 0 aliphatic rings. The van der Waals surface area contributed by atoms with Crippen LogP contribution in [0.25, 0.3) is 0 Å². The minimum absolute atomic E-state index is 0.0451. The van der Waals surface area contributed by atoms with Gasteiger partial charge < -0.3 is 20.3 Å². The molecular weight excluding hydrogens is 302 g/mol. The number of ether oxygens (including phenoxy) is 2. The first kappa shape index (κ1) is 25.5. The molecule has 1 amide bonds. The molecule has 132 valence electrons. The summed E-state index contributed by atoms with van der Waals surface area (Å²) >= 11 is 0. The third-order valence-electron chi connectivity index (χ3n) is 1.84. The van der Waals surface area contributed by atoms with Crippen LogP contribution in [0.3, 0.4) is 0 Å². The van der Waals surface area contributed by atoms with Crippen molar-refractivity contribution in [3.63, 3.8) is 0 Å². The second-order valence-corrected chi connectivity index (χ2v) is 4.41. The van der Waals surface area contributed by atoms with Gasteiger partial charge in [-0.05, 0) is 20.8 Å². The quantitative estimate of drug-likeness (QED) is 0.431. The molecule has 0 aromatic carbocycles. The van der Waals surface area contributed by atoms with Crippen LogP contribution >= 0.6 is 0 Å². The molecule has 7 nitrogen and oxygen atoms in total. The van der Waals surface area contributed by atoms with Gasteiger partial charge in [0.15, 0.2) is 0 Å². The van der Waals surface area contributed by atoms with Gasteiger partial charge in [-0.3, -0.25) is 4.79 Å². The molecule has 0 radical (unpaired) electrons. The van der Waals surface area contributed by atoms with Crippen LogP contribution in [0.2, 0.25) is 0 Å². The summed E-state index contributed by atoms with van der Waals surface area (Å²) in [6.45, 7) is 15.1. The highest BCUT2D eigenvalue weighted by Crippen LogP contribution is 1.92. The number of aliphatic hydroxyl groups is 1. The summed E-state index contributed by atoms with van der Waals surface area (Å²) in [4.78, 5) is 30.6. The maximum atomic E-state index is 10.6. The number of rotatable bonds is 6. The molecule has 0 aliphatic carbocycles. The Kier molecular flexibility index (Phi) is 17.7. The highest BCUT2D eigenvalue weighted by molar-refractivity contribution is 5.90. The minimum Gasteiger partial charge on any atom is -0.466 e. The molecule has 0 bridgehead atoms. The molecular formula is C16H27NO6. The Hall–Kier alpha value is -2.41. The lowest BCUT2D eigenvalue weighted by atomic mass is 10.3. The Balaban J connectivity index is -0.000000272. The first-order valence-corrected chi connectivity index (χ1v) is 6.63. The van der Waals surface area contributed by atoms with E-state index in [1.54, 1.807) is 20.8 Å². The number of hydrogen-bond donors (Lipinski definition) is 2. The van der Waals surface area contributed by atoms with Crippen molar-refractivity contribution in [1.29, 1.82) is 0 Å². The first-order valence-electron chi connectivity index (χ1n) is 6.63. The zero-order valence-corrected chi connectivity index (χ0v) is 14.3.